The normalized spacial score (nSPS) is 6.72. The Labute approximate surface area is 119 Å². The molecule has 1 aromatic rings. The molecule has 0 N–H and O–H groups in total. The number of carbonyl (C=O) groups is 1. The van der Waals surface area contributed by atoms with Gasteiger partial charge in [-0.1, -0.05) is 0 Å². The average molecular weight is 293 g/mol. The van der Waals surface area contributed by atoms with Crippen LogP contribution >= 0.6 is 0 Å². The molecule has 1 aromatic carbocycles. The van der Waals surface area contributed by atoms with Gasteiger partial charge >= 0.3 is 25.4 Å². The number of ether oxygens (including phenoxy) is 1. The molecule has 0 bridgehead atoms. The van der Waals surface area contributed by atoms with Crippen molar-refractivity contribution >= 4 is 5.97 Å². The van der Waals surface area contributed by atoms with E-state index in [9.17, 15) is 4.79 Å². The monoisotopic (exact) mass is 291 g/mol. The number of benzene rings is 1. The maximum atomic E-state index is 11.1. The Kier molecular flexibility index (Phi) is 15.1. The van der Waals surface area contributed by atoms with Crippen LogP contribution in [0.1, 0.15) is 21.5 Å². The fourth-order valence-corrected chi connectivity index (χ4v) is 1.03. The van der Waals surface area contributed by atoms with Gasteiger partial charge in [0.2, 0.25) is 0 Å². The Morgan fingerprint density at radius 3 is 2.11 bits per heavy atom. The fourth-order valence-electron chi connectivity index (χ4n) is 1.03. The van der Waals surface area contributed by atoms with E-state index in [0.717, 1.165) is 5.56 Å². The van der Waals surface area contributed by atoms with Crippen molar-refractivity contribution in [2.45, 2.75) is 6.92 Å². The molecule has 0 saturated carbocycles. The number of rotatable bonds is 1. The van der Waals surface area contributed by atoms with Crippen LogP contribution in [0.3, 0.4) is 0 Å². The van der Waals surface area contributed by atoms with Gasteiger partial charge in [-0.3, -0.25) is 0 Å². The molecular formula is C12H9N3O2Zn. The smallest absolute Gasteiger partial charge is 0.512 e. The van der Waals surface area contributed by atoms with Gasteiger partial charge in [0.15, 0.2) is 0 Å². The molecule has 0 unspecified atom stereocenters. The molecule has 0 aliphatic heterocycles. The SMILES string of the molecule is COC(=O)c1ccc(C#N)c(C)c1.[C-]#N.[C-]#N.[Zn+2]. The Balaban J connectivity index is -0.000000409. The van der Waals surface area contributed by atoms with Gasteiger partial charge in [0.25, 0.3) is 0 Å². The van der Waals surface area contributed by atoms with Gasteiger partial charge in [0.1, 0.15) is 0 Å². The molecule has 0 atom stereocenters. The van der Waals surface area contributed by atoms with E-state index in [2.05, 4.69) is 4.74 Å². The minimum absolute atomic E-state index is 0. The van der Waals surface area contributed by atoms with E-state index in [4.69, 9.17) is 28.9 Å². The summed E-state index contributed by atoms with van der Waals surface area (Å²) in [6.07, 6.45) is 0. The molecule has 6 heteroatoms. The molecule has 86 valence electrons. The van der Waals surface area contributed by atoms with Crippen molar-refractivity contribution in [2.75, 3.05) is 7.11 Å². The number of nitrogens with zero attached hydrogens (tertiary/aromatic N) is 3. The molecule has 0 aliphatic rings. The molecule has 5 nitrogen and oxygen atoms in total. The minimum Gasteiger partial charge on any atom is -0.512 e. The zero-order valence-electron chi connectivity index (χ0n) is 10.1. The van der Waals surface area contributed by atoms with Crippen molar-refractivity contribution in [3.63, 3.8) is 0 Å². The van der Waals surface area contributed by atoms with Gasteiger partial charge in [0, 0.05) is 0 Å². The summed E-state index contributed by atoms with van der Waals surface area (Å²) < 4.78 is 4.54. The van der Waals surface area contributed by atoms with Crippen LogP contribution < -0.4 is 0 Å². The molecule has 0 fully saturated rings. The number of nitriles is 1. The van der Waals surface area contributed by atoms with Crippen LogP contribution in [0.5, 0.6) is 0 Å². The van der Waals surface area contributed by atoms with Crippen LogP contribution in [-0.4, -0.2) is 13.1 Å². The fraction of sp³-hybridized carbons (Fsp3) is 0.167. The van der Waals surface area contributed by atoms with Crippen LogP contribution in [0.2, 0.25) is 0 Å². The average Bonchev–Trinajstić information content (AvgIpc) is 2.42. The minimum atomic E-state index is -0.382. The zero-order valence-corrected chi connectivity index (χ0v) is 13.1. The zero-order chi connectivity index (χ0) is 13.8. The molecule has 1 rings (SSSR count). The molecule has 0 aliphatic carbocycles. The standard InChI is InChI=1S/C10H9NO2.2CN.Zn/c1-7-5-8(10(12)13-2)3-4-9(7)6-11;2*1-2;/h3-5H,1-2H3;;;/q;2*-1;+2. The van der Waals surface area contributed by atoms with Crippen LogP contribution in [0.25, 0.3) is 0 Å². The van der Waals surface area contributed by atoms with Crippen LogP contribution in [0.15, 0.2) is 18.2 Å². The number of aryl methyl sites for hydroxylation is 1. The van der Waals surface area contributed by atoms with Crippen molar-refractivity contribution in [3.8, 4) is 6.07 Å². The van der Waals surface area contributed by atoms with Crippen LogP contribution in [0.4, 0.5) is 0 Å². The summed E-state index contributed by atoms with van der Waals surface area (Å²) in [5.41, 5.74) is 1.83. The van der Waals surface area contributed by atoms with Crippen molar-refractivity contribution < 1.29 is 29.0 Å². The number of esters is 1. The molecule has 0 amide bonds. The molecule has 0 spiro atoms. The molecule has 0 saturated heterocycles. The summed E-state index contributed by atoms with van der Waals surface area (Å²) in [6, 6.07) is 6.86. The Hall–Kier alpha value is -2.22. The molecule has 0 aromatic heterocycles. The second-order valence-corrected chi connectivity index (χ2v) is 2.63. The van der Waals surface area contributed by atoms with E-state index in [-0.39, 0.29) is 25.4 Å². The second kappa shape index (κ2) is 12.9. The van der Waals surface area contributed by atoms with Crippen molar-refractivity contribution in [1.82, 2.24) is 0 Å². The van der Waals surface area contributed by atoms with Gasteiger partial charge in [0.05, 0.1) is 24.3 Å². The first-order valence-electron chi connectivity index (χ1n) is 4.23. The first-order valence-corrected chi connectivity index (χ1v) is 4.23. The Morgan fingerprint density at radius 2 is 1.78 bits per heavy atom. The summed E-state index contributed by atoms with van der Waals surface area (Å²) >= 11 is 0. The Morgan fingerprint density at radius 1 is 1.28 bits per heavy atom. The van der Waals surface area contributed by atoms with E-state index in [1.807, 2.05) is 6.07 Å². The van der Waals surface area contributed by atoms with Crippen LogP contribution in [0, 0.1) is 41.9 Å². The third kappa shape index (κ3) is 6.38. The molecule has 18 heavy (non-hydrogen) atoms. The first-order chi connectivity index (χ1) is 8.19. The summed E-state index contributed by atoms with van der Waals surface area (Å²) in [5, 5.41) is 21.1. The van der Waals surface area contributed by atoms with E-state index in [0.29, 0.717) is 11.1 Å². The van der Waals surface area contributed by atoms with E-state index < -0.39 is 0 Å². The summed E-state index contributed by atoms with van der Waals surface area (Å²) in [5.74, 6) is -0.382. The summed E-state index contributed by atoms with van der Waals surface area (Å²) in [7, 11) is 1.33. The number of carbonyl (C=O) groups excluding carboxylic acids is 1. The molecule has 0 radical (unpaired) electrons. The Bertz CT molecular complexity index is 455. The van der Waals surface area contributed by atoms with Gasteiger partial charge in [-0.25, -0.2) is 4.79 Å². The predicted octanol–water partition coefficient (Wildman–Crippen LogP) is 1.84. The van der Waals surface area contributed by atoms with Crippen molar-refractivity contribution in [3.05, 3.63) is 48.0 Å². The van der Waals surface area contributed by atoms with Gasteiger partial charge in [-0.2, -0.15) is 5.26 Å². The maximum Gasteiger partial charge on any atom is 2.00 e. The van der Waals surface area contributed by atoms with Crippen LogP contribution in [-0.2, 0) is 24.2 Å². The maximum absolute atomic E-state index is 11.1. The van der Waals surface area contributed by atoms with Crippen molar-refractivity contribution in [2.24, 2.45) is 0 Å². The number of methoxy groups -OCH3 is 1. The first kappa shape index (κ1) is 21.1. The number of hydrogen-bond acceptors (Lipinski definition) is 5. The third-order valence-electron chi connectivity index (χ3n) is 1.77. The second-order valence-electron chi connectivity index (χ2n) is 2.63. The van der Waals surface area contributed by atoms with E-state index in [1.54, 1.807) is 25.1 Å². The third-order valence-corrected chi connectivity index (χ3v) is 1.77. The predicted molar refractivity (Wildman–Crippen MR) is 57.2 cm³/mol. The van der Waals surface area contributed by atoms with Gasteiger partial charge in [-0.05, 0) is 30.7 Å². The molecular weight excluding hydrogens is 284 g/mol. The molecule has 0 heterocycles. The summed E-state index contributed by atoms with van der Waals surface area (Å²) in [4.78, 5) is 11.1. The van der Waals surface area contributed by atoms with Gasteiger partial charge in [-0.15, -0.1) is 0 Å². The van der Waals surface area contributed by atoms with E-state index in [1.165, 1.54) is 7.11 Å². The topological polar surface area (TPSA) is 97.7 Å². The number of hydrogen-bond donors (Lipinski definition) is 0. The summed E-state index contributed by atoms with van der Waals surface area (Å²) in [6.45, 7) is 11.3. The largest absolute Gasteiger partial charge is 2.00 e. The van der Waals surface area contributed by atoms with E-state index >= 15 is 0 Å². The quantitative estimate of drug-likeness (QED) is 0.447. The van der Waals surface area contributed by atoms with Gasteiger partial charge < -0.3 is 28.4 Å². The van der Waals surface area contributed by atoms with Crippen molar-refractivity contribution in [1.29, 1.82) is 15.8 Å².